The molecule has 0 saturated carbocycles. The molecule has 3 nitrogen and oxygen atoms in total. The lowest BCUT2D eigenvalue weighted by atomic mass is 10.0. The predicted octanol–water partition coefficient (Wildman–Crippen LogP) is 3.18. The quantitative estimate of drug-likeness (QED) is 0.922. The number of rotatable bonds is 5. The van der Waals surface area contributed by atoms with E-state index in [1.807, 2.05) is 12.1 Å². The summed E-state index contributed by atoms with van der Waals surface area (Å²) in [6.45, 7) is 1.22. The Kier molecular flexibility index (Phi) is 4.71. The standard InChI is InChI=1S/C19H19FN2O/c20-18-7-5-14(11-16(18)12-21)13-22(9-10-23)19-8-6-15-3-1-2-4-17(15)19/h1-5,7,11,19,23H,6,8-10,13H2. The summed E-state index contributed by atoms with van der Waals surface area (Å²) in [5.41, 5.74) is 3.62. The van der Waals surface area contributed by atoms with E-state index in [4.69, 9.17) is 5.26 Å². The van der Waals surface area contributed by atoms with Crippen molar-refractivity contribution in [3.8, 4) is 6.07 Å². The van der Waals surface area contributed by atoms with Crippen LogP contribution >= 0.6 is 0 Å². The molecule has 2 aromatic carbocycles. The minimum atomic E-state index is -0.490. The average Bonchev–Trinajstić information content (AvgIpc) is 3.00. The number of aliphatic hydroxyl groups excluding tert-OH is 1. The first-order chi connectivity index (χ1) is 11.2. The molecule has 0 bridgehead atoms. The van der Waals surface area contributed by atoms with E-state index in [1.54, 1.807) is 12.1 Å². The zero-order valence-electron chi connectivity index (χ0n) is 12.9. The van der Waals surface area contributed by atoms with Gasteiger partial charge < -0.3 is 5.11 Å². The van der Waals surface area contributed by atoms with E-state index in [0.29, 0.717) is 13.1 Å². The van der Waals surface area contributed by atoms with Crippen molar-refractivity contribution in [1.29, 1.82) is 5.26 Å². The van der Waals surface area contributed by atoms with E-state index in [0.717, 1.165) is 18.4 Å². The largest absolute Gasteiger partial charge is 0.395 e. The molecular formula is C19H19FN2O. The Labute approximate surface area is 135 Å². The Hall–Kier alpha value is -2.22. The molecule has 1 unspecified atom stereocenters. The van der Waals surface area contributed by atoms with Crippen molar-refractivity contribution >= 4 is 0 Å². The molecule has 0 saturated heterocycles. The summed E-state index contributed by atoms with van der Waals surface area (Å²) in [5.74, 6) is -0.490. The minimum Gasteiger partial charge on any atom is -0.395 e. The van der Waals surface area contributed by atoms with Crippen molar-refractivity contribution in [2.45, 2.75) is 25.4 Å². The number of nitriles is 1. The molecule has 3 rings (SSSR count). The number of hydrogen-bond donors (Lipinski definition) is 1. The third kappa shape index (κ3) is 3.26. The zero-order chi connectivity index (χ0) is 16.2. The molecule has 0 aliphatic heterocycles. The van der Waals surface area contributed by atoms with Gasteiger partial charge in [0.15, 0.2) is 0 Å². The van der Waals surface area contributed by atoms with Crippen molar-refractivity contribution in [2.75, 3.05) is 13.2 Å². The third-order valence-corrected chi connectivity index (χ3v) is 4.47. The van der Waals surface area contributed by atoms with Crippen LogP contribution in [-0.2, 0) is 13.0 Å². The van der Waals surface area contributed by atoms with Gasteiger partial charge in [-0.2, -0.15) is 5.26 Å². The Balaban J connectivity index is 1.85. The van der Waals surface area contributed by atoms with Crippen LogP contribution in [0, 0.1) is 17.1 Å². The van der Waals surface area contributed by atoms with Gasteiger partial charge in [0.05, 0.1) is 12.2 Å². The summed E-state index contributed by atoms with van der Waals surface area (Å²) in [7, 11) is 0. The van der Waals surface area contributed by atoms with Crippen LogP contribution < -0.4 is 0 Å². The minimum absolute atomic E-state index is 0.0678. The number of halogens is 1. The molecule has 0 heterocycles. The molecule has 0 fully saturated rings. The van der Waals surface area contributed by atoms with Crippen LogP contribution in [0.25, 0.3) is 0 Å². The van der Waals surface area contributed by atoms with E-state index < -0.39 is 5.82 Å². The molecule has 1 N–H and O–H groups in total. The topological polar surface area (TPSA) is 47.3 Å². The molecule has 1 atom stereocenters. The van der Waals surface area contributed by atoms with Crippen molar-refractivity contribution in [3.63, 3.8) is 0 Å². The highest BCUT2D eigenvalue weighted by molar-refractivity contribution is 5.36. The molecule has 0 spiro atoms. The fourth-order valence-electron chi connectivity index (χ4n) is 3.38. The first-order valence-corrected chi connectivity index (χ1v) is 7.84. The molecule has 4 heteroatoms. The summed E-state index contributed by atoms with van der Waals surface area (Å²) < 4.78 is 13.5. The van der Waals surface area contributed by atoms with E-state index in [-0.39, 0.29) is 18.2 Å². The molecule has 1 aliphatic carbocycles. The van der Waals surface area contributed by atoms with Gasteiger partial charge in [0.1, 0.15) is 11.9 Å². The van der Waals surface area contributed by atoms with Crippen molar-refractivity contribution in [3.05, 3.63) is 70.5 Å². The van der Waals surface area contributed by atoms with Crippen LogP contribution in [0.15, 0.2) is 42.5 Å². The average molecular weight is 310 g/mol. The van der Waals surface area contributed by atoms with Gasteiger partial charge in [0.25, 0.3) is 0 Å². The zero-order valence-corrected chi connectivity index (χ0v) is 12.9. The maximum absolute atomic E-state index is 13.5. The second-order valence-electron chi connectivity index (χ2n) is 5.87. The highest BCUT2D eigenvalue weighted by Crippen LogP contribution is 2.36. The van der Waals surface area contributed by atoms with E-state index in [1.165, 1.54) is 17.2 Å². The van der Waals surface area contributed by atoms with Crippen LogP contribution in [0.1, 0.15) is 34.7 Å². The van der Waals surface area contributed by atoms with Gasteiger partial charge >= 0.3 is 0 Å². The predicted molar refractivity (Wildman–Crippen MR) is 86.1 cm³/mol. The lowest BCUT2D eigenvalue weighted by molar-refractivity contribution is 0.143. The molecule has 1 aliphatic rings. The summed E-state index contributed by atoms with van der Waals surface area (Å²) in [4.78, 5) is 2.21. The summed E-state index contributed by atoms with van der Waals surface area (Å²) >= 11 is 0. The number of aliphatic hydroxyl groups is 1. The van der Waals surface area contributed by atoms with Gasteiger partial charge in [-0.3, -0.25) is 4.90 Å². The molecule has 118 valence electrons. The maximum atomic E-state index is 13.5. The lowest BCUT2D eigenvalue weighted by Gasteiger charge is -2.29. The van der Waals surface area contributed by atoms with E-state index in [2.05, 4.69) is 23.1 Å². The highest BCUT2D eigenvalue weighted by Gasteiger charge is 2.27. The first kappa shape index (κ1) is 15.7. The number of benzene rings is 2. The maximum Gasteiger partial charge on any atom is 0.140 e. The van der Waals surface area contributed by atoms with Crippen molar-refractivity contribution in [1.82, 2.24) is 4.90 Å². The second kappa shape index (κ2) is 6.91. The fraction of sp³-hybridized carbons (Fsp3) is 0.316. The molecule has 0 amide bonds. The molecule has 23 heavy (non-hydrogen) atoms. The molecule has 2 aromatic rings. The Morgan fingerprint density at radius 3 is 2.87 bits per heavy atom. The van der Waals surface area contributed by atoms with Crippen LogP contribution in [-0.4, -0.2) is 23.2 Å². The summed E-state index contributed by atoms with van der Waals surface area (Å²) in [5, 5.41) is 18.4. The Morgan fingerprint density at radius 2 is 2.09 bits per heavy atom. The number of aryl methyl sites for hydroxylation is 1. The van der Waals surface area contributed by atoms with Gasteiger partial charge in [-0.05, 0) is 41.7 Å². The highest BCUT2D eigenvalue weighted by atomic mass is 19.1. The van der Waals surface area contributed by atoms with Gasteiger partial charge in [-0.25, -0.2) is 4.39 Å². The lowest BCUT2D eigenvalue weighted by Crippen LogP contribution is -2.30. The van der Waals surface area contributed by atoms with Crippen LogP contribution in [0.3, 0.4) is 0 Å². The smallest absolute Gasteiger partial charge is 0.140 e. The van der Waals surface area contributed by atoms with Gasteiger partial charge in [0, 0.05) is 19.1 Å². The molecular weight excluding hydrogens is 291 g/mol. The Bertz CT molecular complexity index is 738. The fourth-order valence-corrected chi connectivity index (χ4v) is 3.38. The van der Waals surface area contributed by atoms with Crippen LogP contribution in [0.5, 0.6) is 0 Å². The second-order valence-corrected chi connectivity index (χ2v) is 5.87. The van der Waals surface area contributed by atoms with Gasteiger partial charge in [-0.1, -0.05) is 30.3 Å². The Morgan fingerprint density at radius 1 is 1.26 bits per heavy atom. The third-order valence-electron chi connectivity index (χ3n) is 4.47. The monoisotopic (exact) mass is 310 g/mol. The van der Waals surface area contributed by atoms with Gasteiger partial charge in [-0.15, -0.1) is 0 Å². The van der Waals surface area contributed by atoms with Crippen molar-refractivity contribution < 1.29 is 9.50 Å². The van der Waals surface area contributed by atoms with Crippen LogP contribution in [0.2, 0.25) is 0 Å². The molecule has 0 aromatic heterocycles. The van der Waals surface area contributed by atoms with Gasteiger partial charge in [0.2, 0.25) is 0 Å². The van der Waals surface area contributed by atoms with Crippen LogP contribution in [0.4, 0.5) is 4.39 Å². The van der Waals surface area contributed by atoms with Crippen molar-refractivity contribution in [2.24, 2.45) is 0 Å². The number of hydrogen-bond acceptors (Lipinski definition) is 3. The summed E-state index contributed by atoms with van der Waals surface area (Å²) in [6, 6.07) is 15.2. The summed E-state index contributed by atoms with van der Waals surface area (Å²) in [6.07, 6.45) is 2.06. The number of nitrogens with zero attached hydrogens (tertiary/aromatic N) is 2. The van der Waals surface area contributed by atoms with E-state index >= 15 is 0 Å². The van der Waals surface area contributed by atoms with E-state index in [9.17, 15) is 9.50 Å². The first-order valence-electron chi connectivity index (χ1n) is 7.84. The molecule has 0 radical (unpaired) electrons. The SMILES string of the molecule is N#Cc1cc(CN(CCO)C2CCc3ccccc32)ccc1F. The normalized spacial score (nSPS) is 16.3. The number of fused-ring (bicyclic) bond motifs is 1.